The second-order valence-electron chi connectivity index (χ2n) is 6.42. The zero-order chi connectivity index (χ0) is 13.9. The summed E-state index contributed by atoms with van der Waals surface area (Å²) in [6.07, 6.45) is 2.22. The Hall–Kier alpha value is -0.810. The molecule has 0 bridgehead atoms. The second-order valence-corrected chi connectivity index (χ2v) is 6.42. The van der Waals surface area contributed by atoms with Gasteiger partial charge < -0.3 is 19.7 Å². The van der Waals surface area contributed by atoms with Crippen molar-refractivity contribution in [3.05, 3.63) is 0 Å². The van der Waals surface area contributed by atoms with Gasteiger partial charge in [0.2, 0.25) is 0 Å². The minimum atomic E-state index is -0.431. The number of piperidine rings is 1. The normalized spacial score (nSPS) is 26.3. The fraction of sp³-hybridized carbons (Fsp3) is 0.929. The summed E-state index contributed by atoms with van der Waals surface area (Å²) in [5.74, 6) is 0.562. The average Bonchev–Trinajstić information content (AvgIpc) is 2.38. The lowest BCUT2D eigenvalue weighted by atomic mass is 9.91. The molecular formula is C14H26N2O3. The Morgan fingerprint density at radius 2 is 2.00 bits per heavy atom. The van der Waals surface area contributed by atoms with Gasteiger partial charge in [0.1, 0.15) is 5.60 Å². The van der Waals surface area contributed by atoms with Crippen LogP contribution < -0.4 is 5.32 Å². The predicted octanol–water partition coefficient (Wildman–Crippen LogP) is 1.62. The SMILES string of the molecule is CC(C)(C)OC(=O)N1CCOC(C2CCNCC2)C1. The van der Waals surface area contributed by atoms with Crippen molar-refractivity contribution in [3.63, 3.8) is 0 Å². The molecule has 5 heteroatoms. The third-order valence-electron chi connectivity index (χ3n) is 3.65. The lowest BCUT2D eigenvalue weighted by Crippen LogP contribution is -2.51. The van der Waals surface area contributed by atoms with Crippen molar-refractivity contribution in [3.8, 4) is 0 Å². The van der Waals surface area contributed by atoms with E-state index in [0.29, 0.717) is 25.6 Å². The molecule has 110 valence electrons. The fourth-order valence-electron chi connectivity index (χ4n) is 2.67. The zero-order valence-electron chi connectivity index (χ0n) is 12.3. The summed E-state index contributed by atoms with van der Waals surface area (Å²) >= 11 is 0. The topological polar surface area (TPSA) is 50.8 Å². The van der Waals surface area contributed by atoms with E-state index in [4.69, 9.17) is 9.47 Å². The smallest absolute Gasteiger partial charge is 0.410 e. The molecule has 0 spiro atoms. The van der Waals surface area contributed by atoms with Gasteiger partial charge in [0.05, 0.1) is 19.3 Å². The van der Waals surface area contributed by atoms with Crippen molar-refractivity contribution in [2.24, 2.45) is 5.92 Å². The molecule has 0 aromatic heterocycles. The van der Waals surface area contributed by atoms with Crippen molar-refractivity contribution in [1.29, 1.82) is 0 Å². The molecule has 19 heavy (non-hydrogen) atoms. The summed E-state index contributed by atoms with van der Waals surface area (Å²) < 4.78 is 11.3. The van der Waals surface area contributed by atoms with Crippen LogP contribution in [0.25, 0.3) is 0 Å². The molecule has 1 N–H and O–H groups in total. The van der Waals surface area contributed by atoms with E-state index in [1.807, 2.05) is 20.8 Å². The number of carbonyl (C=O) groups excluding carboxylic acids is 1. The van der Waals surface area contributed by atoms with Gasteiger partial charge in [-0.2, -0.15) is 0 Å². The molecule has 2 saturated heterocycles. The molecule has 2 rings (SSSR count). The minimum Gasteiger partial charge on any atom is -0.444 e. The van der Waals surface area contributed by atoms with Gasteiger partial charge in [-0.25, -0.2) is 4.79 Å². The molecule has 0 aromatic carbocycles. The molecule has 0 saturated carbocycles. The van der Waals surface area contributed by atoms with Crippen LogP contribution in [0.2, 0.25) is 0 Å². The van der Waals surface area contributed by atoms with Gasteiger partial charge in [0, 0.05) is 6.54 Å². The van der Waals surface area contributed by atoms with E-state index in [1.54, 1.807) is 4.90 Å². The number of morpholine rings is 1. The third-order valence-corrected chi connectivity index (χ3v) is 3.65. The van der Waals surface area contributed by atoms with E-state index in [9.17, 15) is 4.79 Å². The first-order valence-corrected chi connectivity index (χ1v) is 7.26. The summed E-state index contributed by atoms with van der Waals surface area (Å²) in [6, 6.07) is 0. The first kappa shape index (κ1) is 14.6. The highest BCUT2D eigenvalue weighted by Crippen LogP contribution is 2.23. The van der Waals surface area contributed by atoms with Gasteiger partial charge in [-0.1, -0.05) is 0 Å². The Morgan fingerprint density at radius 1 is 1.32 bits per heavy atom. The van der Waals surface area contributed by atoms with Gasteiger partial charge in [-0.3, -0.25) is 0 Å². The highest BCUT2D eigenvalue weighted by atomic mass is 16.6. The van der Waals surface area contributed by atoms with E-state index in [1.165, 1.54) is 0 Å². The lowest BCUT2D eigenvalue weighted by molar-refractivity contribution is -0.0680. The first-order valence-electron chi connectivity index (χ1n) is 7.26. The Morgan fingerprint density at radius 3 is 2.63 bits per heavy atom. The Labute approximate surface area is 115 Å². The number of rotatable bonds is 1. The standard InChI is InChI=1S/C14H26N2O3/c1-14(2,3)19-13(17)16-8-9-18-12(10-16)11-4-6-15-7-5-11/h11-12,15H,4-10H2,1-3H3. The van der Waals surface area contributed by atoms with Crippen LogP contribution in [0.1, 0.15) is 33.6 Å². The molecule has 0 aromatic rings. The number of ether oxygens (including phenoxy) is 2. The van der Waals surface area contributed by atoms with Gasteiger partial charge >= 0.3 is 6.09 Å². The summed E-state index contributed by atoms with van der Waals surface area (Å²) in [6.45, 7) is 9.72. The maximum absolute atomic E-state index is 12.1. The van der Waals surface area contributed by atoms with Crippen LogP contribution >= 0.6 is 0 Å². The molecular weight excluding hydrogens is 244 g/mol. The van der Waals surface area contributed by atoms with Crippen molar-refractivity contribution >= 4 is 6.09 Å². The van der Waals surface area contributed by atoms with Crippen LogP contribution in [-0.2, 0) is 9.47 Å². The lowest BCUT2D eigenvalue weighted by Gasteiger charge is -2.38. The number of amides is 1. The van der Waals surface area contributed by atoms with E-state index >= 15 is 0 Å². The maximum Gasteiger partial charge on any atom is 0.410 e. The average molecular weight is 270 g/mol. The Balaban J connectivity index is 1.87. The number of carbonyl (C=O) groups is 1. The molecule has 2 fully saturated rings. The molecule has 1 unspecified atom stereocenters. The summed E-state index contributed by atoms with van der Waals surface area (Å²) in [5, 5.41) is 3.36. The molecule has 0 radical (unpaired) electrons. The van der Waals surface area contributed by atoms with E-state index in [-0.39, 0.29) is 12.2 Å². The predicted molar refractivity (Wildman–Crippen MR) is 73.1 cm³/mol. The highest BCUT2D eigenvalue weighted by molar-refractivity contribution is 5.68. The van der Waals surface area contributed by atoms with Crippen molar-refractivity contribution in [2.75, 3.05) is 32.8 Å². The summed E-state index contributed by atoms with van der Waals surface area (Å²) in [4.78, 5) is 13.9. The highest BCUT2D eigenvalue weighted by Gasteiger charge is 2.32. The zero-order valence-corrected chi connectivity index (χ0v) is 12.3. The Bertz CT molecular complexity index is 308. The second kappa shape index (κ2) is 6.09. The molecule has 0 aliphatic carbocycles. The van der Waals surface area contributed by atoms with Crippen LogP contribution in [0.3, 0.4) is 0 Å². The van der Waals surface area contributed by atoms with Gasteiger partial charge in [-0.15, -0.1) is 0 Å². The van der Waals surface area contributed by atoms with Crippen molar-refractivity contribution < 1.29 is 14.3 Å². The monoisotopic (exact) mass is 270 g/mol. The van der Waals surface area contributed by atoms with Crippen LogP contribution in [0.4, 0.5) is 4.79 Å². The third kappa shape index (κ3) is 4.35. The number of hydrogen-bond donors (Lipinski definition) is 1. The van der Waals surface area contributed by atoms with Crippen molar-refractivity contribution in [2.45, 2.75) is 45.3 Å². The van der Waals surface area contributed by atoms with E-state index in [0.717, 1.165) is 25.9 Å². The quantitative estimate of drug-likeness (QED) is 0.786. The molecule has 2 aliphatic rings. The van der Waals surface area contributed by atoms with E-state index < -0.39 is 5.60 Å². The van der Waals surface area contributed by atoms with Crippen LogP contribution in [0, 0.1) is 5.92 Å². The van der Waals surface area contributed by atoms with Crippen LogP contribution in [0.5, 0.6) is 0 Å². The number of nitrogens with zero attached hydrogens (tertiary/aromatic N) is 1. The van der Waals surface area contributed by atoms with Crippen molar-refractivity contribution in [1.82, 2.24) is 10.2 Å². The van der Waals surface area contributed by atoms with Crippen LogP contribution in [-0.4, -0.2) is 55.5 Å². The van der Waals surface area contributed by atoms with Crippen LogP contribution in [0.15, 0.2) is 0 Å². The summed E-state index contributed by atoms with van der Waals surface area (Å²) in [5.41, 5.74) is -0.431. The Kier molecular flexibility index (Phi) is 4.68. The van der Waals surface area contributed by atoms with Gasteiger partial charge in [0.25, 0.3) is 0 Å². The molecule has 2 heterocycles. The maximum atomic E-state index is 12.1. The number of hydrogen-bond acceptors (Lipinski definition) is 4. The fourth-order valence-corrected chi connectivity index (χ4v) is 2.67. The van der Waals surface area contributed by atoms with E-state index in [2.05, 4.69) is 5.32 Å². The minimum absolute atomic E-state index is 0.170. The van der Waals surface area contributed by atoms with Gasteiger partial charge in [0.15, 0.2) is 0 Å². The summed E-state index contributed by atoms with van der Waals surface area (Å²) in [7, 11) is 0. The molecule has 2 aliphatic heterocycles. The molecule has 5 nitrogen and oxygen atoms in total. The first-order chi connectivity index (χ1) is 8.96. The number of nitrogens with one attached hydrogen (secondary N) is 1. The largest absolute Gasteiger partial charge is 0.444 e. The molecule has 1 atom stereocenters. The van der Waals surface area contributed by atoms with Gasteiger partial charge in [-0.05, 0) is 52.6 Å². The molecule has 1 amide bonds.